The van der Waals surface area contributed by atoms with E-state index in [1.54, 1.807) is 18.2 Å². The van der Waals surface area contributed by atoms with E-state index in [1.807, 2.05) is 0 Å². The molecule has 2 aromatic carbocycles. The predicted octanol–water partition coefficient (Wildman–Crippen LogP) is 2.89. The molecule has 0 aromatic heterocycles. The SMILES string of the molecule is COc1cc(Nc2ccc3c(c2)OCO3)c(F)cc1N. The maximum atomic E-state index is 13.9. The largest absolute Gasteiger partial charge is 0.495 e. The lowest BCUT2D eigenvalue weighted by atomic mass is 10.2. The Morgan fingerprint density at radius 3 is 2.80 bits per heavy atom. The minimum atomic E-state index is -0.457. The van der Waals surface area contributed by atoms with Gasteiger partial charge in [0.25, 0.3) is 0 Å². The summed E-state index contributed by atoms with van der Waals surface area (Å²) in [6, 6.07) is 8.00. The number of nitrogens with two attached hydrogens (primary N) is 1. The fourth-order valence-electron chi connectivity index (χ4n) is 1.97. The van der Waals surface area contributed by atoms with Gasteiger partial charge in [0, 0.05) is 23.9 Å². The quantitative estimate of drug-likeness (QED) is 0.844. The summed E-state index contributed by atoms with van der Waals surface area (Å²) in [5, 5.41) is 2.96. The Bertz CT molecular complexity index is 661. The van der Waals surface area contributed by atoms with Gasteiger partial charge in [0.1, 0.15) is 11.6 Å². The molecule has 5 nitrogen and oxygen atoms in total. The van der Waals surface area contributed by atoms with Crippen molar-refractivity contribution in [3.63, 3.8) is 0 Å². The van der Waals surface area contributed by atoms with Crippen molar-refractivity contribution in [3.8, 4) is 17.2 Å². The van der Waals surface area contributed by atoms with Crippen LogP contribution in [0, 0.1) is 5.82 Å². The van der Waals surface area contributed by atoms with Crippen LogP contribution in [0.15, 0.2) is 30.3 Å². The van der Waals surface area contributed by atoms with Gasteiger partial charge in [-0.3, -0.25) is 0 Å². The maximum absolute atomic E-state index is 13.9. The molecule has 1 aliphatic rings. The number of nitrogens with one attached hydrogen (secondary N) is 1. The minimum Gasteiger partial charge on any atom is -0.495 e. The molecule has 0 saturated carbocycles. The van der Waals surface area contributed by atoms with E-state index in [2.05, 4.69) is 5.32 Å². The van der Waals surface area contributed by atoms with Gasteiger partial charge < -0.3 is 25.3 Å². The molecule has 0 atom stereocenters. The first kappa shape index (κ1) is 12.4. The zero-order valence-electron chi connectivity index (χ0n) is 10.8. The van der Waals surface area contributed by atoms with Crippen molar-refractivity contribution in [1.82, 2.24) is 0 Å². The summed E-state index contributed by atoms with van der Waals surface area (Å²) in [7, 11) is 1.48. The number of benzene rings is 2. The molecule has 3 N–H and O–H groups in total. The Labute approximate surface area is 115 Å². The van der Waals surface area contributed by atoms with Crippen molar-refractivity contribution in [2.45, 2.75) is 0 Å². The molecule has 0 aliphatic carbocycles. The number of rotatable bonds is 3. The number of fused-ring (bicyclic) bond motifs is 1. The van der Waals surface area contributed by atoms with Crippen LogP contribution in [0.5, 0.6) is 17.2 Å². The van der Waals surface area contributed by atoms with E-state index in [1.165, 1.54) is 19.2 Å². The fourth-order valence-corrected chi connectivity index (χ4v) is 1.97. The van der Waals surface area contributed by atoms with E-state index < -0.39 is 5.82 Å². The number of hydrogen-bond acceptors (Lipinski definition) is 5. The lowest BCUT2D eigenvalue weighted by Crippen LogP contribution is -1.98. The summed E-state index contributed by atoms with van der Waals surface area (Å²) < 4.78 is 29.4. The molecule has 6 heteroatoms. The second-order valence-corrected chi connectivity index (χ2v) is 4.27. The molecular weight excluding hydrogens is 263 g/mol. The number of nitrogen functional groups attached to an aromatic ring is 1. The highest BCUT2D eigenvalue weighted by molar-refractivity contribution is 5.69. The van der Waals surface area contributed by atoms with Crippen molar-refractivity contribution in [1.29, 1.82) is 0 Å². The van der Waals surface area contributed by atoms with E-state index in [0.717, 1.165) is 0 Å². The van der Waals surface area contributed by atoms with Gasteiger partial charge in [-0.05, 0) is 12.1 Å². The number of methoxy groups -OCH3 is 1. The Kier molecular flexibility index (Phi) is 2.98. The maximum Gasteiger partial charge on any atom is 0.231 e. The van der Waals surface area contributed by atoms with E-state index in [9.17, 15) is 4.39 Å². The van der Waals surface area contributed by atoms with Crippen molar-refractivity contribution in [2.75, 3.05) is 25.0 Å². The molecule has 0 radical (unpaired) electrons. The molecule has 1 heterocycles. The first-order valence-corrected chi connectivity index (χ1v) is 5.97. The smallest absolute Gasteiger partial charge is 0.231 e. The zero-order valence-corrected chi connectivity index (χ0v) is 10.8. The van der Waals surface area contributed by atoms with Gasteiger partial charge in [0.15, 0.2) is 11.5 Å². The Hall–Kier alpha value is -2.63. The minimum absolute atomic E-state index is 0.197. The van der Waals surface area contributed by atoms with Crippen LogP contribution in [0.4, 0.5) is 21.5 Å². The molecule has 0 bridgehead atoms. The molecule has 3 rings (SSSR count). The normalized spacial score (nSPS) is 12.3. The molecule has 2 aromatic rings. The van der Waals surface area contributed by atoms with Crippen LogP contribution in [-0.4, -0.2) is 13.9 Å². The highest BCUT2D eigenvalue weighted by Gasteiger charge is 2.14. The second-order valence-electron chi connectivity index (χ2n) is 4.27. The Morgan fingerprint density at radius 1 is 1.20 bits per heavy atom. The van der Waals surface area contributed by atoms with Crippen molar-refractivity contribution < 1.29 is 18.6 Å². The second kappa shape index (κ2) is 4.80. The van der Waals surface area contributed by atoms with Crippen molar-refractivity contribution in [3.05, 3.63) is 36.1 Å². The van der Waals surface area contributed by atoms with E-state index >= 15 is 0 Å². The highest BCUT2D eigenvalue weighted by Crippen LogP contribution is 2.36. The number of ether oxygens (including phenoxy) is 3. The summed E-state index contributed by atoms with van der Waals surface area (Å²) >= 11 is 0. The summed E-state index contributed by atoms with van der Waals surface area (Å²) in [5.74, 6) is 1.25. The third-order valence-corrected chi connectivity index (χ3v) is 2.97. The monoisotopic (exact) mass is 276 g/mol. The van der Waals surface area contributed by atoms with Gasteiger partial charge in [-0.15, -0.1) is 0 Å². The predicted molar refractivity (Wildman–Crippen MR) is 73.2 cm³/mol. The standard InChI is InChI=1S/C14H13FN2O3/c1-18-13-6-11(9(15)5-10(13)16)17-8-2-3-12-14(4-8)20-7-19-12/h2-6,17H,7,16H2,1H3. The lowest BCUT2D eigenvalue weighted by Gasteiger charge is -2.11. The molecule has 20 heavy (non-hydrogen) atoms. The number of halogens is 1. The molecule has 1 aliphatic heterocycles. The average molecular weight is 276 g/mol. The third kappa shape index (κ3) is 2.16. The third-order valence-electron chi connectivity index (χ3n) is 2.97. The van der Waals surface area contributed by atoms with Crippen LogP contribution in [0.25, 0.3) is 0 Å². The van der Waals surface area contributed by atoms with Crippen LogP contribution in [0.2, 0.25) is 0 Å². The van der Waals surface area contributed by atoms with Gasteiger partial charge in [-0.25, -0.2) is 4.39 Å². The van der Waals surface area contributed by atoms with Crippen molar-refractivity contribution in [2.24, 2.45) is 0 Å². The van der Waals surface area contributed by atoms with E-state index in [-0.39, 0.29) is 18.2 Å². The Morgan fingerprint density at radius 2 is 2.00 bits per heavy atom. The van der Waals surface area contributed by atoms with Gasteiger partial charge in [-0.2, -0.15) is 0 Å². The number of anilines is 3. The van der Waals surface area contributed by atoms with Gasteiger partial charge in [-0.1, -0.05) is 0 Å². The average Bonchev–Trinajstić information content (AvgIpc) is 2.89. The van der Waals surface area contributed by atoms with E-state index in [0.29, 0.717) is 22.9 Å². The van der Waals surface area contributed by atoms with Crippen LogP contribution in [0.3, 0.4) is 0 Å². The van der Waals surface area contributed by atoms with Crippen molar-refractivity contribution >= 4 is 17.1 Å². The van der Waals surface area contributed by atoms with Crippen LogP contribution >= 0.6 is 0 Å². The van der Waals surface area contributed by atoms with Gasteiger partial charge in [0.05, 0.1) is 18.5 Å². The summed E-state index contributed by atoms with van der Waals surface area (Å²) in [6.07, 6.45) is 0. The molecular formula is C14H13FN2O3. The molecule has 104 valence electrons. The first-order chi connectivity index (χ1) is 9.67. The lowest BCUT2D eigenvalue weighted by molar-refractivity contribution is 0.174. The molecule has 0 spiro atoms. The van der Waals surface area contributed by atoms with Crippen LogP contribution in [-0.2, 0) is 0 Å². The van der Waals surface area contributed by atoms with Crippen LogP contribution in [0.1, 0.15) is 0 Å². The Balaban J connectivity index is 1.91. The summed E-state index contributed by atoms with van der Waals surface area (Å²) in [5.41, 5.74) is 6.84. The summed E-state index contributed by atoms with van der Waals surface area (Å²) in [6.45, 7) is 0.197. The first-order valence-electron chi connectivity index (χ1n) is 5.97. The summed E-state index contributed by atoms with van der Waals surface area (Å²) in [4.78, 5) is 0. The zero-order chi connectivity index (χ0) is 14.1. The fraction of sp³-hybridized carbons (Fsp3) is 0.143. The van der Waals surface area contributed by atoms with Gasteiger partial charge >= 0.3 is 0 Å². The molecule has 0 saturated heterocycles. The number of hydrogen-bond donors (Lipinski definition) is 2. The van der Waals surface area contributed by atoms with Gasteiger partial charge in [0.2, 0.25) is 6.79 Å². The topological polar surface area (TPSA) is 65.7 Å². The molecule has 0 amide bonds. The van der Waals surface area contributed by atoms with E-state index in [4.69, 9.17) is 19.9 Å². The van der Waals surface area contributed by atoms with Crippen LogP contribution < -0.4 is 25.3 Å². The molecule has 0 unspecified atom stereocenters. The molecule has 0 fully saturated rings. The highest BCUT2D eigenvalue weighted by atomic mass is 19.1.